The monoisotopic (exact) mass is 404 g/mol. The Morgan fingerprint density at radius 1 is 1.24 bits per heavy atom. The van der Waals surface area contributed by atoms with E-state index in [4.69, 9.17) is 10.7 Å². The van der Waals surface area contributed by atoms with Gasteiger partial charge < -0.3 is 10.4 Å². The molecule has 0 aliphatic heterocycles. The van der Waals surface area contributed by atoms with Crippen molar-refractivity contribution in [2.45, 2.75) is 16.7 Å². The second-order valence-electron chi connectivity index (χ2n) is 4.82. The Balaban J connectivity index is 2.46. The van der Waals surface area contributed by atoms with Crippen molar-refractivity contribution in [3.05, 3.63) is 42.2 Å². The van der Waals surface area contributed by atoms with Gasteiger partial charge in [0.25, 0.3) is 15.0 Å². The van der Waals surface area contributed by atoms with Crippen LogP contribution in [0.4, 0.5) is 5.69 Å². The molecule has 0 unspecified atom stereocenters. The zero-order chi connectivity index (χ0) is 18.8. The summed E-state index contributed by atoms with van der Waals surface area (Å²) < 4.78 is 46.8. The number of nitrogens with zero attached hydrogens (tertiary/aromatic N) is 1. The van der Waals surface area contributed by atoms with Crippen molar-refractivity contribution in [2.24, 2.45) is 0 Å². The Kier molecular flexibility index (Phi) is 5.35. The standard InChI is InChI=1S/C14H13ClN2O6S2/c1-2-24(20,21)12-4-3-7-16-13(12)14(19)17-10-8-9(25(15,22)23)5-6-11(10)18/h3-8,18H,2H2,1H3,(H,17,19). The van der Waals surface area contributed by atoms with Gasteiger partial charge in [-0.15, -0.1) is 0 Å². The van der Waals surface area contributed by atoms with Gasteiger partial charge in [-0.2, -0.15) is 0 Å². The van der Waals surface area contributed by atoms with Gasteiger partial charge >= 0.3 is 0 Å². The van der Waals surface area contributed by atoms with Crippen molar-refractivity contribution in [3.8, 4) is 5.75 Å². The lowest BCUT2D eigenvalue weighted by molar-refractivity contribution is 0.101. The summed E-state index contributed by atoms with van der Waals surface area (Å²) in [5.74, 6) is -1.58. The molecular formula is C14H13ClN2O6S2. The number of pyridine rings is 1. The predicted molar refractivity (Wildman–Crippen MR) is 91.1 cm³/mol. The number of benzene rings is 1. The highest BCUT2D eigenvalue weighted by molar-refractivity contribution is 8.13. The Labute approximate surface area is 148 Å². The average molecular weight is 405 g/mol. The molecule has 2 rings (SSSR count). The molecule has 0 aliphatic rings. The first-order valence-corrected chi connectivity index (χ1v) is 10.8. The largest absolute Gasteiger partial charge is 0.506 e. The summed E-state index contributed by atoms with van der Waals surface area (Å²) in [4.78, 5) is 15.5. The normalized spacial score (nSPS) is 11.9. The predicted octanol–water partition coefficient (Wildman–Crippen LogP) is 1.76. The van der Waals surface area contributed by atoms with Crippen LogP contribution in [0.3, 0.4) is 0 Å². The van der Waals surface area contributed by atoms with Crippen LogP contribution in [-0.4, -0.2) is 38.6 Å². The molecule has 1 amide bonds. The lowest BCUT2D eigenvalue weighted by Crippen LogP contribution is -2.19. The number of amides is 1. The third-order valence-electron chi connectivity index (χ3n) is 3.20. The van der Waals surface area contributed by atoms with Gasteiger partial charge in [0.05, 0.1) is 21.2 Å². The van der Waals surface area contributed by atoms with Crippen LogP contribution in [0.15, 0.2) is 46.3 Å². The number of rotatable bonds is 5. The van der Waals surface area contributed by atoms with Crippen LogP contribution in [0, 0.1) is 0 Å². The maximum atomic E-state index is 12.4. The van der Waals surface area contributed by atoms with E-state index in [9.17, 15) is 26.7 Å². The number of halogens is 1. The van der Waals surface area contributed by atoms with Crippen LogP contribution in [0.25, 0.3) is 0 Å². The van der Waals surface area contributed by atoms with E-state index >= 15 is 0 Å². The fraction of sp³-hybridized carbons (Fsp3) is 0.143. The highest BCUT2D eigenvalue weighted by Crippen LogP contribution is 2.28. The number of phenolic OH excluding ortho intramolecular Hbond substituents is 1. The van der Waals surface area contributed by atoms with Crippen LogP contribution >= 0.6 is 10.7 Å². The van der Waals surface area contributed by atoms with E-state index in [1.807, 2.05) is 0 Å². The zero-order valence-corrected chi connectivity index (χ0v) is 15.2. The summed E-state index contributed by atoms with van der Waals surface area (Å²) >= 11 is 0. The average Bonchev–Trinajstić information content (AvgIpc) is 2.55. The number of nitrogens with one attached hydrogen (secondary N) is 1. The number of aromatic hydroxyl groups is 1. The number of sulfone groups is 1. The molecule has 0 saturated carbocycles. The molecule has 0 radical (unpaired) electrons. The number of phenols is 1. The number of carbonyl (C=O) groups is 1. The Morgan fingerprint density at radius 3 is 2.52 bits per heavy atom. The molecule has 134 valence electrons. The molecule has 0 atom stereocenters. The maximum absolute atomic E-state index is 12.4. The smallest absolute Gasteiger partial charge is 0.275 e. The molecule has 0 fully saturated rings. The highest BCUT2D eigenvalue weighted by atomic mass is 35.7. The second-order valence-corrected chi connectivity index (χ2v) is 9.64. The van der Waals surface area contributed by atoms with Crippen LogP contribution in [0.2, 0.25) is 0 Å². The Bertz CT molecular complexity index is 1040. The minimum absolute atomic E-state index is 0.232. The third kappa shape index (κ3) is 4.27. The van der Waals surface area contributed by atoms with Crippen molar-refractivity contribution in [1.82, 2.24) is 4.98 Å². The van der Waals surface area contributed by atoms with Crippen molar-refractivity contribution in [1.29, 1.82) is 0 Å². The molecular weight excluding hydrogens is 392 g/mol. The van der Waals surface area contributed by atoms with Gasteiger partial charge in [0.2, 0.25) is 0 Å². The minimum atomic E-state index is -4.08. The lowest BCUT2D eigenvalue weighted by Gasteiger charge is -2.11. The van der Waals surface area contributed by atoms with Crippen LogP contribution in [0.1, 0.15) is 17.4 Å². The van der Waals surface area contributed by atoms with E-state index in [0.717, 1.165) is 18.2 Å². The van der Waals surface area contributed by atoms with E-state index in [2.05, 4.69) is 10.3 Å². The van der Waals surface area contributed by atoms with Crippen LogP contribution < -0.4 is 5.32 Å². The zero-order valence-electron chi connectivity index (χ0n) is 12.8. The SMILES string of the molecule is CCS(=O)(=O)c1cccnc1C(=O)Nc1cc(S(=O)(=O)Cl)ccc1O. The molecule has 8 nitrogen and oxygen atoms in total. The van der Waals surface area contributed by atoms with Crippen molar-refractivity contribution < 1.29 is 26.7 Å². The van der Waals surface area contributed by atoms with E-state index in [-0.39, 0.29) is 26.9 Å². The van der Waals surface area contributed by atoms with E-state index in [1.165, 1.54) is 25.3 Å². The number of aromatic nitrogens is 1. The fourth-order valence-corrected chi connectivity index (χ4v) is 3.73. The first-order chi connectivity index (χ1) is 11.6. The van der Waals surface area contributed by atoms with Crippen molar-refractivity contribution in [2.75, 3.05) is 11.1 Å². The topological polar surface area (TPSA) is 130 Å². The summed E-state index contributed by atoms with van der Waals surface area (Å²) in [7, 11) is -2.56. The first-order valence-electron chi connectivity index (χ1n) is 6.83. The van der Waals surface area contributed by atoms with Crippen molar-refractivity contribution >= 4 is 41.2 Å². The van der Waals surface area contributed by atoms with E-state index < -0.39 is 30.5 Å². The van der Waals surface area contributed by atoms with Gasteiger partial charge in [-0.1, -0.05) is 6.92 Å². The van der Waals surface area contributed by atoms with Gasteiger partial charge in [-0.25, -0.2) is 21.8 Å². The molecule has 1 heterocycles. The molecule has 2 N–H and O–H groups in total. The van der Waals surface area contributed by atoms with Gasteiger partial charge in [-0.3, -0.25) is 4.79 Å². The molecule has 0 spiro atoms. The number of hydrogen-bond acceptors (Lipinski definition) is 7. The van der Waals surface area contributed by atoms with Crippen LogP contribution in [-0.2, 0) is 18.9 Å². The van der Waals surface area contributed by atoms with Crippen LogP contribution in [0.5, 0.6) is 5.75 Å². The number of carbonyl (C=O) groups excluding carboxylic acids is 1. The second kappa shape index (κ2) is 6.98. The molecule has 1 aromatic heterocycles. The molecule has 0 aliphatic carbocycles. The van der Waals surface area contributed by atoms with Gasteiger partial charge in [-0.05, 0) is 30.3 Å². The summed E-state index contributed by atoms with van der Waals surface area (Å²) in [5.41, 5.74) is -0.625. The van der Waals surface area contributed by atoms with E-state index in [0.29, 0.717) is 0 Å². The van der Waals surface area contributed by atoms with Crippen molar-refractivity contribution in [3.63, 3.8) is 0 Å². The van der Waals surface area contributed by atoms with Gasteiger partial charge in [0.1, 0.15) is 11.4 Å². The number of anilines is 1. The summed E-state index contributed by atoms with van der Waals surface area (Å²) in [6, 6.07) is 5.65. The molecule has 1 aromatic carbocycles. The first kappa shape index (κ1) is 19.2. The Morgan fingerprint density at radius 2 is 1.92 bits per heavy atom. The summed E-state index contributed by atoms with van der Waals surface area (Å²) in [5, 5.41) is 12.0. The molecule has 25 heavy (non-hydrogen) atoms. The molecule has 2 aromatic rings. The maximum Gasteiger partial charge on any atom is 0.275 e. The fourth-order valence-electron chi connectivity index (χ4n) is 1.92. The third-order valence-corrected chi connectivity index (χ3v) is 6.31. The van der Waals surface area contributed by atoms with Gasteiger partial charge in [0, 0.05) is 16.9 Å². The molecule has 11 heteroatoms. The summed E-state index contributed by atoms with van der Waals surface area (Å²) in [6.45, 7) is 1.42. The Hall–Kier alpha value is -2.17. The highest BCUT2D eigenvalue weighted by Gasteiger charge is 2.23. The summed E-state index contributed by atoms with van der Waals surface area (Å²) in [6.07, 6.45) is 1.24. The van der Waals surface area contributed by atoms with E-state index in [1.54, 1.807) is 0 Å². The number of hydrogen-bond donors (Lipinski definition) is 2. The quantitative estimate of drug-likeness (QED) is 0.573. The lowest BCUT2D eigenvalue weighted by atomic mass is 10.2. The minimum Gasteiger partial charge on any atom is -0.506 e. The van der Waals surface area contributed by atoms with Gasteiger partial charge in [0.15, 0.2) is 9.84 Å². The molecule has 0 saturated heterocycles. The molecule has 0 bridgehead atoms.